The van der Waals surface area contributed by atoms with Crippen molar-refractivity contribution in [2.24, 2.45) is 13.0 Å². The first kappa shape index (κ1) is 13.2. The van der Waals surface area contributed by atoms with Crippen LogP contribution in [0.1, 0.15) is 26.5 Å². The highest BCUT2D eigenvalue weighted by Crippen LogP contribution is 1.96. The van der Waals surface area contributed by atoms with Crippen LogP contribution in [0.3, 0.4) is 0 Å². The van der Waals surface area contributed by atoms with Crippen molar-refractivity contribution in [2.45, 2.75) is 33.4 Å². The number of hydrogen-bond acceptors (Lipinski definition) is 3. The molecule has 0 saturated carbocycles. The standard InChI is InChI=1S/C12H24N4/c1-10(2)5-13-6-11(3)15-8-12-7-14-9-16(12)4/h7,9-11,13,15H,5-6,8H2,1-4H3. The summed E-state index contributed by atoms with van der Waals surface area (Å²) >= 11 is 0. The maximum Gasteiger partial charge on any atom is 0.0945 e. The second-order valence-corrected chi connectivity index (χ2v) is 4.83. The molecule has 0 aliphatic rings. The van der Waals surface area contributed by atoms with Gasteiger partial charge in [0.2, 0.25) is 0 Å². The Kier molecular flexibility index (Phi) is 5.49. The topological polar surface area (TPSA) is 41.9 Å². The van der Waals surface area contributed by atoms with Gasteiger partial charge in [-0.05, 0) is 19.4 Å². The Balaban J connectivity index is 2.15. The number of aryl methyl sites for hydroxylation is 1. The van der Waals surface area contributed by atoms with Crippen molar-refractivity contribution in [3.63, 3.8) is 0 Å². The van der Waals surface area contributed by atoms with Crippen molar-refractivity contribution in [3.05, 3.63) is 18.2 Å². The minimum absolute atomic E-state index is 0.480. The molecular weight excluding hydrogens is 200 g/mol. The predicted octanol–water partition coefficient (Wildman–Crippen LogP) is 1.14. The molecule has 1 unspecified atom stereocenters. The zero-order valence-corrected chi connectivity index (χ0v) is 10.8. The Hall–Kier alpha value is -0.870. The van der Waals surface area contributed by atoms with E-state index in [4.69, 9.17) is 0 Å². The smallest absolute Gasteiger partial charge is 0.0945 e. The van der Waals surface area contributed by atoms with Crippen LogP contribution in [0.15, 0.2) is 12.5 Å². The van der Waals surface area contributed by atoms with Crippen LogP contribution in [0, 0.1) is 5.92 Å². The van der Waals surface area contributed by atoms with Gasteiger partial charge in [0, 0.05) is 32.4 Å². The average Bonchev–Trinajstić information content (AvgIpc) is 2.60. The van der Waals surface area contributed by atoms with Gasteiger partial charge in [-0.1, -0.05) is 13.8 Å². The highest BCUT2D eigenvalue weighted by atomic mass is 15.1. The van der Waals surface area contributed by atoms with Crippen LogP contribution in [0.2, 0.25) is 0 Å². The van der Waals surface area contributed by atoms with Crippen LogP contribution in [0.25, 0.3) is 0 Å². The van der Waals surface area contributed by atoms with E-state index < -0.39 is 0 Å². The van der Waals surface area contributed by atoms with Crippen LogP contribution in [0.4, 0.5) is 0 Å². The van der Waals surface area contributed by atoms with Gasteiger partial charge in [-0.2, -0.15) is 0 Å². The molecule has 1 aromatic heterocycles. The fourth-order valence-electron chi connectivity index (χ4n) is 1.49. The summed E-state index contributed by atoms with van der Waals surface area (Å²) in [6.45, 7) is 9.61. The molecule has 0 amide bonds. The largest absolute Gasteiger partial charge is 0.337 e. The average molecular weight is 224 g/mol. The molecule has 1 aromatic rings. The third-order valence-corrected chi connectivity index (χ3v) is 2.55. The molecule has 0 saturated heterocycles. The van der Waals surface area contributed by atoms with Crippen LogP contribution in [0.5, 0.6) is 0 Å². The minimum Gasteiger partial charge on any atom is -0.337 e. The predicted molar refractivity (Wildman–Crippen MR) is 67.2 cm³/mol. The quantitative estimate of drug-likeness (QED) is 0.730. The van der Waals surface area contributed by atoms with Crippen LogP contribution in [-0.2, 0) is 13.6 Å². The van der Waals surface area contributed by atoms with Gasteiger partial charge in [0.1, 0.15) is 0 Å². The second kappa shape index (κ2) is 6.66. The maximum absolute atomic E-state index is 4.09. The molecule has 0 aliphatic carbocycles. The third-order valence-electron chi connectivity index (χ3n) is 2.55. The third kappa shape index (κ3) is 4.77. The Morgan fingerprint density at radius 1 is 1.31 bits per heavy atom. The summed E-state index contributed by atoms with van der Waals surface area (Å²) in [5.74, 6) is 0.712. The molecular formula is C12H24N4. The molecule has 1 heterocycles. The monoisotopic (exact) mass is 224 g/mol. The molecule has 0 radical (unpaired) electrons. The lowest BCUT2D eigenvalue weighted by atomic mass is 10.2. The lowest BCUT2D eigenvalue weighted by Crippen LogP contribution is -2.37. The molecule has 0 bridgehead atoms. The van der Waals surface area contributed by atoms with Gasteiger partial charge in [0.15, 0.2) is 0 Å². The second-order valence-electron chi connectivity index (χ2n) is 4.83. The first-order chi connectivity index (χ1) is 7.59. The summed E-state index contributed by atoms with van der Waals surface area (Å²) in [7, 11) is 2.02. The summed E-state index contributed by atoms with van der Waals surface area (Å²) in [5, 5.41) is 6.92. The maximum atomic E-state index is 4.09. The van der Waals surface area contributed by atoms with Crippen LogP contribution in [-0.4, -0.2) is 28.7 Å². The molecule has 1 atom stereocenters. The zero-order chi connectivity index (χ0) is 12.0. The first-order valence-electron chi connectivity index (χ1n) is 5.99. The Labute approximate surface area is 98.5 Å². The Morgan fingerprint density at radius 3 is 2.62 bits per heavy atom. The fourth-order valence-corrected chi connectivity index (χ4v) is 1.49. The summed E-state index contributed by atoms with van der Waals surface area (Å²) in [4.78, 5) is 4.09. The van der Waals surface area contributed by atoms with Gasteiger partial charge in [0.05, 0.1) is 12.0 Å². The molecule has 92 valence electrons. The number of nitrogens with one attached hydrogen (secondary N) is 2. The summed E-state index contributed by atoms with van der Waals surface area (Å²) in [5.41, 5.74) is 1.22. The lowest BCUT2D eigenvalue weighted by Gasteiger charge is -2.15. The van der Waals surface area contributed by atoms with Gasteiger partial charge in [-0.25, -0.2) is 4.98 Å². The first-order valence-corrected chi connectivity index (χ1v) is 5.99. The highest BCUT2D eigenvalue weighted by molar-refractivity contribution is 4.96. The molecule has 1 rings (SSSR count). The summed E-state index contributed by atoms with van der Waals surface area (Å²) in [6, 6.07) is 0.480. The number of nitrogens with zero attached hydrogens (tertiary/aromatic N) is 2. The SMILES string of the molecule is CC(C)CNCC(C)NCc1cncn1C. The normalized spacial score (nSPS) is 13.3. The molecule has 16 heavy (non-hydrogen) atoms. The van der Waals surface area contributed by atoms with E-state index >= 15 is 0 Å². The van der Waals surface area contributed by atoms with E-state index in [2.05, 4.69) is 36.4 Å². The van der Waals surface area contributed by atoms with Crippen LogP contribution >= 0.6 is 0 Å². The summed E-state index contributed by atoms with van der Waals surface area (Å²) in [6.07, 6.45) is 3.74. The van der Waals surface area contributed by atoms with Crippen molar-refractivity contribution >= 4 is 0 Å². The van der Waals surface area contributed by atoms with E-state index in [1.807, 2.05) is 24.1 Å². The highest BCUT2D eigenvalue weighted by Gasteiger charge is 2.03. The molecule has 4 nitrogen and oxygen atoms in total. The van der Waals surface area contributed by atoms with E-state index in [1.54, 1.807) is 0 Å². The molecule has 0 spiro atoms. The molecule has 0 aromatic carbocycles. The fraction of sp³-hybridized carbons (Fsp3) is 0.750. The molecule has 2 N–H and O–H groups in total. The Bertz CT molecular complexity index is 293. The van der Waals surface area contributed by atoms with E-state index in [1.165, 1.54) is 5.69 Å². The van der Waals surface area contributed by atoms with E-state index in [0.717, 1.165) is 19.6 Å². The minimum atomic E-state index is 0.480. The lowest BCUT2D eigenvalue weighted by molar-refractivity contribution is 0.467. The van der Waals surface area contributed by atoms with Gasteiger partial charge in [-0.15, -0.1) is 0 Å². The van der Waals surface area contributed by atoms with Crippen molar-refractivity contribution < 1.29 is 0 Å². The van der Waals surface area contributed by atoms with Crippen molar-refractivity contribution in [1.82, 2.24) is 20.2 Å². The molecule has 0 aliphatic heterocycles. The van der Waals surface area contributed by atoms with Crippen molar-refractivity contribution in [3.8, 4) is 0 Å². The van der Waals surface area contributed by atoms with Gasteiger partial charge >= 0.3 is 0 Å². The van der Waals surface area contributed by atoms with E-state index in [-0.39, 0.29) is 0 Å². The van der Waals surface area contributed by atoms with Gasteiger partial charge in [-0.3, -0.25) is 0 Å². The summed E-state index contributed by atoms with van der Waals surface area (Å²) < 4.78 is 2.04. The molecule has 0 fully saturated rings. The zero-order valence-electron chi connectivity index (χ0n) is 10.8. The van der Waals surface area contributed by atoms with E-state index in [9.17, 15) is 0 Å². The van der Waals surface area contributed by atoms with Gasteiger partial charge < -0.3 is 15.2 Å². The van der Waals surface area contributed by atoms with E-state index in [0.29, 0.717) is 12.0 Å². The number of imidazole rings is 1. The van der Waals surface area contributed by atoms with Crippen LogP contribution < -0.4 is 10.6 Å². The molecule has 4 heteroatoms. The number of aromatic nitrogens is 2. The van der Waals surface area contributed by atoms with Gasteiger partial charge in [0.25, 0.3) is 0 Å². The number of hydrogen-bond donors (Lipinski definition) is 2. The van der Waals surface area contributed by atoms with Crippen molar-refractivity contribution in [2.75, 3.05) is 13.1 Å². The number of rotatable bonds is 7. The van der Waals surface area contributed by atoms with Crippen molar-refractivity contribution in [1.29, 1.82) is 0 Å². The Morgan fingerprint density at radius 2 is 2.06 bits per heavy atom.